The van der Waals surface area contributed by atoms with Crippen LogP contribution in [0.3, 0.4) is 0 Å². The normalized spacial score (nSPS) is 26.0. The first-order chi connectivity index (χ1) is 5.90. The fraction of sp³-hybridized carbons (Fsp3) is 0.714. The molecule has 0 spiro atoms. The summed E-state index contributed by atoms with van der Waals surface area (Å²) in [6.45, 7) is 1.63. The van der Waals surface area contributed by atoms with E-state index in [1.165, 1.54) is 0 Å². The van der Waals surface area contributed by atoms with Crippen LogP contribution in [0.1, 0.15) is 6.92 Å². The van der Waals surface area contributed by atoms with Gasteiger partial charge in [0.25, 0.3) is 0 Å². The van der Waals surface area contributed by atoms with Gasteiger partial charge in [-0.05, 0) is 0 Å². The van der Waals surface area contributed by atoms with Crippen molar-refractivity contribution in [3.05, 3.63) is 0 Å². The summed E-state index contributed by atoms with van der Waals surface area (Å²) >= 11 is -3.07. The Morgan fingerprint density at radius 1 is 1.69 bits per heavy atom. The number of carbonyl (C=O) groups excluding carboxylic acids is 2. The summed E-state index contributed by atoms with van der Waals surface area (Å²) in [5.41, 5.74) is 5.26. The molecule has 1 rings (SSSR count). The molecule has 0 aromatic heterocycles. The average molecular weight is 293 g/mol. The molecule has 6 heteroatoms. The van der Waals surface area contributed by atoms with Crippen molar-refractivity contribution in [2.24, 2.45) is 5.73 Å². The zero-order valence-electron chi connectivity index (χ0n) is 8.03. The number of nitrogens with zero attached hydrogens (tertiary/aromatic N) is 1. The van der Waals surface area contributed by atoms with Crippen molar-refractivity contribution in [3.8, 4) is 0 Å². The number of amides is 1. The van der Waals surface area contributed by atoms with Gasteiger partial charge in [0.15, 0.2) is 0 Å². The van der Waals surface area contributed by atoms with Crippen molar-refractivity contribution in [1.29, 1.82) is 0 Å². The fourth-order valence-corrected chi connectivity index (χ4v) is 8.68. The number of hydrogen-bond donors (Lipinski definition) is 1. The van der Waals surface area contributed by atoms with E-state index in [1.54, 1.807) is 10.0 Å². The van der Waals surface area contributed by atoms with Gasteiger partial charge in [0.2, 0.25) is 0 Å². The van der Waals surface area contributed by atoms with Gasteiger partial charge in [0.1, 0.15) is 0 Å². The molecule has 0 aliphatic carbocycles. The first kappa shape index (κ1) is 10.8. The molecule has 1 atom stereocenters. The third-order valence-electron chi connectivity index (χ3n) is 2.10. The predicted octanol–water partition coefficient (Wildman–Crippen LogP) is -0.579. The molecule has 2 N–H and O–H groups in total. The average Bonchev–Trinajstić information content (AvgIpc) is 2.21. The van der Waals surface area contributed by atoms with Crippen LogP contribution in [0.5, 0.6) is 0 Å². The van der Waals surface area contributed by atoms with E-state index in [0.717, 1.165) is 0 Å². The number of rotatable bonds is 1. The Morgan fingerprint density at radius 2 is 2.23 bits per heavy atom. The van der Waals surface area contributed by atoms with Crippen molar-refractivity contribution in [2.45, 2.75) is 22.8 Å². The maximum atomic E-state index is 11.4. The molecule has 1 aliphatic rings. The van der Waals surface area contributed by atoms with Crippen molar-refractivity contribution in [2.75, 3.05) is 6.54 Å². The molecule has 13 heavy (non-hydrogen) atoms. The first-order valence-electron chi connectivity index (χ1n) is 4.15. The summed E-state index contributed by atoms with van der Waals surface area (Å²) in [7, 11) is 0. The molecule has 0 aromatic carbocycles. The van der Waals surface area contributed by atoms with Crippen LogP contribution >= 0.6 is 0 Å². The van der Waals surface area contributed by atoms with Gasteiger partial charge in [0.05, 0.1) is 0 Å². The summed E-state index contributed by atoms with van der Waals surface area (Å²) in [5.74, 6) is -0.471. The number of nitrogens with two attached hydrogens (primary N) is 1. The summed E-state index contributed by atoms with van der Waals surface area (Å²) in [4.78, 5) is 26.4. The van der Waals surface area contributed by atoms with E-state index in [-0.39, 0.29) is 18.4 Å². The van der Waals surface area contributed by atoms with Crippen LogP contribution in [0.15, 0.2) is 0 Å². The van der Waals surface area contributed by atoms with Crippen molar-refractivity contribution >= 4 is 30.9 Å². The molecule has 1 heterocycles. The third-order valence-corrected chi connectivity index (χ3v) is 9.23. The first-order valence-corrected chi connectivity index (χ1v) is 12.3. The Morgan fingerprint density at radius 3 is 2.54 bits per heavy atom. The van der Waals surface area contributed by atoms with E-state index in [1.807, 2.05) is 9.88 Å². The maximum absolute atomic E-state index is 11.4. The minimum atomic E-state index is -3.07. The zero-order valence-corrected chi connectivity index (χ0v) is 10.9. The standard InChI is InChI=1S/C5H10N2O3.2CH3.Sn/c1-3(5(9)10)7-4(8)2-6;;;/h3H,2,6H2,1H3,(H2,7,8,9,10);2*1H3;/q;;;+2/p-2. The van der Waals surface area contributed by atoms with E-state index in [2.05, 4.69) is 0 Å². The van der Waals surface area contributed by atoms with Gasteiger partial charge >= 0.3 is 81.8 Å². The van der Waals surface area contributed by atoms with Crippen LogP contribution < -0.4 is 5.73 Å². The predicted molar refractivity (Wildman–Crippen MR) is 48.9 cm³/mol. The topological polar surface area (TPSA) is 72.6 Å². The fourth-order valence-electron chi connectivity index (χ4n) is 1.57. The monoisotopic (exact) mass is 294 g/mol. The van der Waals surface area contributed by atoms with Gasteiger partial charge in [-0.25, -0.2) is 0 Å². The molecule has 1 fully saturated rings. The van der Waals surface area contributed by atoms with Crippen LogP contribution in [0, 0.1) is 0 Å². The van der Waals surface area contributed by atoms with Gasteiger partial charge in [-0.3, -0.25) is 0 Å². The number of carbonyl (C=O) groups is 2. The Balaban J connectivity index is 2.93. The van der Waals surface area contributed by atoms with Gasteiger partial charge < -0.3 is 0 Å². The van der Waals surface area contributed by atoms with Crippen LogP contribution in [0.2, 0.25) is 9.88 Å². The second-order valence-electron chi connectivity index (χ2n) is 3.51. The second kappa shape index (κ2) is 3.45. The molecule has 0 radical (unpaired) electrons. The summed E-state index contributed by atoms with van der Waals surface area (Å²) < 4.78 is 6.80. The SMILES string of the molecule is CC1C(=O)[O][Sn]([CH3])([CH3])[N]1C(=O)CN. The number of hydrogen-bond acceptors (Lipinski definition) is 4. The molecule has 1 unspecified atom stereocenters. The van der Waals surface area contributed by atoms with Crippen LogP contribution in [0.4, 0.5) is 0 Å². The molecule has 5 nitrogen and oxygen atoms in total. The van der Waals surface area contributed by atoms with Crippen LogP contribution in [-0.4, -0.2) is 46.6 Å². The van der Waals surface area contributed by atoms with Gasteiger partial charge in [-0.2, -0.15) is 0 Å². The van der Waals surface area contributed by atoms with E-state index in [0.29, 0.717) is 0 Å². The van der Waals surface area contributed by atoms with E-state index >= 15 is 0 Å². The Labute approximate surface area is 82.0 Å². The van der Waals surface area contributed by atoms with E-state index in [4.69, 9.17) is 8.81 Å². The van der Waals surface area contributed by atoms with Crippen molar-refractivity contribution in [1.82, 2.24) is 3.12 Å². The Kier molecular flexibility index (Phi) is 2.86. The summed E-state index contributed by atoms with van der Waals surface area (Å²) in [5, 5.41) is 0. The molecule has 0 bridgehead atoms. The minimum absolute atomic E-state index is 0.0542. The van der Waals surface area contributed by atoms with Gasteiger partial charge in [0, 0.05) is 0 Å². The Hall–Kier alpha value is -0.301. The third kappa shape index (κ3) is 1.80. The van der Waals surface area contributed by atoms with Gasteiger partial charge in [-0.1, -0.05) is 0 Å². The summed E-state index contributed by atoms with van der Waals surface area (Å²) in [6.07, 6.45) is 0. The summed E-state index contributed by atoms with van der Waals surface area (Å²) in [6, 6.07) is -0.443. The van der Waals surface area contributed by atoms with E-state index < -0.39 is 25.1 Å². The quantitative estimate of drug-likeness (QED) is 0.657. The van der Waals surface area contributed by atoms with Gasteiger partial charge in [-0.15, -0.1) is 0 Å². The molecule has 0 saturated carbocycles. The van der Waals surface area contributed by atoms with Crippen LogP contribution in [-0.2, 0) is 12.7 Å². The zero-order chi connectivity index (χ0) is 10.2. The molecule has 74 valence electrons. The molecule has 1 saturated heterocycles. The van der Waals surface area contributed by atoms with Crippen molar-refractivity contribution in [3.63, 3.8) is 0 Å². The molecule has 1 aliphatic heterocycles. The molecule has 0 aromatic rings. The molecular formula is C7H14N2O3Sn. The van der Waals surface area contributed by atoms with Crippen LogP contribution in [0.25, 0.3) is 0 Å². The Bertz CT molecular complexity index is 254. The second-order valence-corrected chi connectivity index (χ2v) is 13.7. The molecular weight excluding hydrogens is 279 g/mol. The van der Waals surface area contributed by atoms with E-state index in [9.17, 15) is 9.59 Å². The molecule has 1 amide bonds. The van der Waals surface area contributed by atoms with Crippen molar-refractivity contribution < 1.29 is 12.7 Å².